The van der Waals surface area contributed by atoms with Crippen LogP contribution in [0.4, 0.5) is 5.13 Å². The lowest BCUT2D eigenvalue weighted by Crippen LogP contribution is -2.34. The standard InChI is InChI=1S/C27H31N5O4S2/c1-6-23(33)28-10-11-29-26(35)20-14-22(17(2)12-21(20)36-5)37-24-15-30-27(38-24)31-25(34)19-9-7-8-18(13-19)16-32(3)4/h6-9,12-15H,1,10-11,16H2,2-5H3,(H,28,33)(H,29,35)(H,30,31,34). The van der Waals surface area contributed by atoms with Crippen molar-refractivity contribution in [2.24, 2.45) is 0 Å². The summed E-state index contributed by atoms with van der Waals surface area (Å²) in [5.74, 6) is -0.386. The molecule has 0 saturated heterocycles. The molecular weight excluding hydrogens is 522 g/mol. The number of hydrogen-bond acceptors (Lipinski definition) is 8. The Labute approximate surface area is 230 Å². The van der Waals surface area contributed by atoms with Gasteiger partial charge in [-0.05, 0) is 62.5 Å². The van der Waals surface area contributed by atoms with Crippen molar-refractivity contribution < 1.29 is 19.1 Å². The van der Waals surface area contributed by atoms with Gasteiger partial charge < -0.3 is 20.3 Å². The van der Waals surface area contributed by atoms with Gasteiger partial charge in [0.05, 0.1) is 23.1 Å². The van der Waals surface area contributed by atoms with Gasteiger partial charge in [0.25, 0.3) is 11.8 Å². The summed E-state index contributed by atoms with van der Waals surface area (Å²) in [5.41, 5.74) is 2.93. The van der Waals surface area contributed by atoms with Crippen molar-refractivity contribution in [2.45, 2.75) is 22.6 Å². The number of benzene rings is 2. The smallest absolute Gasteiger partial charge is 0.257 e. The zero-order valence-corrected chi connectivity index (χ0v) is 23.4. The first-order valence-corrected chi connectivity index (χ1v) is 13.4. The summed E-state index contributed by atoms with van der Waals surface area (Å²) in [6, 6.07) is 11.1. The van der Waals surface area contributed by atoms with E-state index in [9.17, 15) is 14.4 Å². The molecule has 0 aliphatic rings. The Morgan fingerprint density at radius 1 is 1.13 bits per heavy atom. The van der Waals surface area contributed by atoms with Gasteiger partial charge in [0, 0.05) is 30.1 Å². The van der Waals surface area contributed by atoms with Crippen molar-refractivity contribution in [2.75, 3.05) is 39.6 Å². The number of aromatic nitrogens is 1. The summed E-state index contributed by atoms with van der Waals surface area (Å²) in [6.07, 6.45) is 2.87. The molecule has 3 rings (SSSR count). The fourth-order valence-electron chi connectivity index (χ4n) is 3.47. The monoisotopic (exact) mass is 553 g/mol. The molecule has 2 aromatic carbocycles. The Kier molecular flexibility index (Phi) is 10.5. The molecule has 200 valence electrons. The second-order valence-electron chi connectivity index (χ2n) is 8.55. The number of rotatable bonds is 12. The number of nitrogens with one attached hydrogen (secondary N) is 3. The number of ether oxygens (including phenoxy) is 1. The average Bonchev–Trinajstić information content (AvgIpc) is 3.33. The van der Waals surface area contributed by atoms with Gasteiger partial charge in [0.1, 0.15) is 5.75 Å². The van der Waals surface area contributed by atoms with E-state index in [1.807, 2.05) is 44.1 Å². The predicted molar refractivity (Wildman–Crippen MR) is 151 cm³/mol. The summed E-state index contributed by atoms with van der Waals surface area (Å²) in [5, 5.41) is 8.75. The molecule has 3 aromatic rings. The van der Waals surface area contributed by atoms with Crippen molar-refractivity contribution in [3.8, 4) is 5.75 Å². The summed E-state index contributed by atoms with van der Waals surface area (Å²) in [7, 11) is 5.47. The lowest BCUT2D eigenvalue weighted by Gasteiger charge is -2.13. The van der Waals surface area contributed by atoms with E-state index >= 15 is 0 Å². The zero-order valence-electron chi connectivity index (χ0n) is 21.8. The number of thiazole rings is 1. The molecule has 0 radical (unpaired) electrons. The van der Waals surface area contributed by atoms with Crippen LogP contribution in [-0.4, -0.2) is 61.9 Å². The van der Waals surface area contributed by atoms with Crippen LogP contribution in [0.25, 0.3) is 0 Å². The number of hydrogen-bond donors (Lipinski definition) is 3. The topological polar surface area (TPSA) is 113 Å². The Bertz CT molecular complexity index is 1320. The molecule has 0 spiro atoms. The Hall–Kier alpha value is -3.67. The normalized spacial score (nSPS) is 10.7. The third-order valence-corrected chi connectivity index (χ3v) is 7.41. The maximum atomic E-state index is 12.8. The summed E-state index contributed by atoms with van der Waals surface area (Å²) in [6.45, 7) is 6.61. The highest BCUT2D eigenvalue weighted by atomic mass is 32.2. The number of methoxy groups -OCH3 is 1. The van der Waals surface area contributed by atoms with E-state index in [2.05, 4.69) is 27.5 Å². The van der Waals surface area contributed by atoms with Crippen LogP contribution in [0.1, 0.15) is 31.8 Å². The molecule has 0 aliphatic heterocycles. The van der Waals surface area contributed by atoms with Crippen LogP contribution in [0.5, 0.6) is 5.75 Å². The highest BCUT2D eigenvalue weighted by molar-refractivity contribution is 8.01. The maximum Gasteiger partial charge on any atom is 0.257 e. The van der Waals surface area contributed by atoms with Gasteiger partial charge in [-0.3, -0.25) is 19.7 Å². The predicted octanol–water partition coefficient (Wildman–Crippen LogP) is 3.96. The molecule has 1 heterocycles. The largest absolute Gasteiger partial charge is 0.496 e. The first-order valence-electron chi connectivity index (χ1n) is 11.8. The molecule has 0 saturated carbocycles. The molecule has 38 heavy (non-hydrogen) atoms. The third-order valence-electron chi connectivity index (χ3n) is 5.24. The molecule has 3 N–H and O–H groups in total. The number of carbonyl (C=O) groups is 3. The van der Waals surface area contributed by atoms with Gasteiger partial charge in [0.2, 0.25) is 5.91 Å². The minimum Gasteiger partial charge on any atom is -0.496 e. The van der Waals surface area contributed by atoms with Gasteiger partial charge >= 0.3 is 0 Å². The van der Waals surface area contributed by atoms with Gasteiger partial charge in [-0.1, -0.05) is 41.8 Å². The fourth-order valence-corrected chi connectivity index (χ4v) is 5.40. The minimum absolute atomic E-state index is 0.222. The Morgan fingerprint density at radius 3 is 2.61 bits per heavy atom. The molecule has 0 unspecified atom stereocenters. The van der Waals surface area contributed by atoms with E-state index in [0.717, 1.165) is 26.8 Å². The average molecular weight is 554 g/mol. The molecular formula is C27H31N5O4S2. The summed E-state index contributed by atoms with van der Waals surface area (Å²) in [4.78, 5) is 44.1. The molecule has 0 bridgehead atoms. The van der Waals surface area contributed by atoms with Crippen LogP contribution in [0.2, 0.25) is 0 Å². The van der Waals surface area contributed by atoms with E-state index < -0.39 is 0 Å². The molecule has 0 aliphatic carbocycles. The van der Waals surface area contributed by atoms with E-state index in [1.165, 1.54) is 36.3 Å². The van der Waals surface area contributed by atoms with Gasteiger partial charge in [0.15, 0.2) is 5.13 Å². The third kappa shape index (κ3) is 8.17. The summed E-state index contributed by atoms with van der Waals surface area (Å²) < 4.78 is 6.28. The Morgan fingerprint density at radius 2 is 1.89 bits per heavy atom. The molecule has 0 atom stereocenters. The van der Waals surface area contributed by atoms with Gasteiger partial charge in [-0.15, -0.1) is 0 Å². The summed E-state index contributed by atoms with van der Waals surface area (Å²) >= 11 is 2.80. The molecule has 9 nitrogen and oxygen atoms in total. The first kappa shape index (κ1) is 28.9. The van der Waals surface area contributed by atoms with Crippen molar-refractivity contribution in [3.05, 3.63) is 77.5 Å². The highest BCUT2D eigenvalue weighted by Gasteiger charge is 2.17. The van der Waals surface area contributed by atoms with Crippen LogP contribution >= 0.6 is 23.1 Å². The van der Waals surface area contributed by atoms with E-state index in [0.29, 0.717) is 22.0 Å². The maximum absolute atomic E-state index is 12.8. The minimum atomic E-state index is -0.315. The van der Waals surface area contributed by atoms with Crippen LogP contribution < -0.4 is 20.7 Å². The molecule has 3 amide bonds. The van der Waals surface area contributed by atoms with Gasteiger partial charge in [-0.25, -0.2) is 4.98 Å². The zero-order chi connectivity index (χ0) is 27.7. The van der Waals surface area contributed by atoms with Crippen molar-refractivity contribution in [1.29, 1.82) is 0 Å². The van der Waals surface area contributed by atoms with Crippen LogP contribution in [0, 0.1) is 6.92 Å². The number of nitrogens with zero attached hydrogens (tertiary/aromatic N) is 2. The van der Waals surface area contributed by atoms with E-state index in [4.69, 9.17) is 4.74 Å². The number of carbonyl (C=O) groups excluding carboxylic acids is 3. The van der Waals surface area contributed by atoms with E-state index in [-0.39, 0.29) is 30.8 Å². The van der Waals surface area contributed by atoms with Crippen molar-refractivity contribution >= 4 is 46.0 Å². The number of anilines is 1. The second-order valence-corrected chi connectivity index (χ2v) is 10.9. The van der Waals surface area contributed by atoms with Crippen molar-refractivity contribution in [3.63, 3.8) is 0 Å². The lowest BCUT2D eigenvalue weighted by molar-refractivity contribution is -0.116. The van der Waals surface area contributed by atoms with Gasteiger partial charge in [-0.2, -0.15) is 0 Å². The molecule has 1 aromatic heterocycles. The van der Waals surface area contributed by atoms with Crippen molar-refractivity contribution in [1.82, 2.24) is 20.5 Å². The molecule has 0 fully saturated rings. The fraction of sp³-hybridized carbons (Fsp3) is 0.259. The molecule has 11 heteroatoms. The van der Waals surface area contributed by atoms with E-state index in [1.54, 1.807) is 24.4 Å². The quantitative estimate of drug-likeness (QED) is 0.230. The SMILES string of the molecule is C=CC(=O)NCCNC(=O)c1cc(Sc2cnc(NC(=O)c3cccc(CN(C)C)c3)s2)c(C)cc1OC. The van der Waals surface area contributed by atoms with Crippen LogP contribution in [0.15, 0.2) is 64.4 Å². The first-order chi connectivity index (χ1) is 18.2. The van der Waals surface area contributed by atoms with Crippen LogP contribution in [-0.2, 0) is 11.3 Å². The highest BCUT2D eigenvalue weighted by Crippen LogP contribution is 2.38. The number of aryl methyl sites for hydroxylation is 1. The Balaban J connectivity index is 1.68. The number of amides is 3. The lowest BCUT2D eigenvalue weighted by atomic mass is 10.1. The second kappa shape index (κ2) is 13.8. The van der Waals surface area contributed by atoms with Crippen LogP contribution in [0.3, 0.4) is 0 Å².